The Kier molecular flexibility index (Phi) is 3.34. The molecule has 3 nitrogen and oxygen atoms in total. The van der Waals surface area contributed by atoms with Crippen LogP contribution in [0.3, 0.4) is 0 Å². The molecule has 0 radical (unpaired) electrons. The van der Waals surface area contributed by atoms with Gasteiger partial charge in [-0.3, -0.25) is 4.68 Å². The third-order valence-electron chi connectivity index (χ3n) is 2.14. The Hall–Kier alpha value is -0.990. The molecule has 1 rings (SSSR count). The van der Waals surface area contributed by atoms with Crippen molar-refractivity contribution in [2.75, 3.05) is 11.9 Å². The van der Waals surface area contributed by atoms with Gasteiger partial charge in [-0.15, -0.1) is 0 Å². The highest BCUT2D eigenvalue weighted by atomic mass is 15.3. The molecular formula is C10H19N3. The minimum absolute atomic E-state index is 0.748. The number of nitrogens with zero attached hydrogens (tertiary/aromatic N) is 2. The van der Waals surface area contributed by atoms with Crippen molar-refractivity contribution < 1.29 is 0 Å². The van der Waals surface area contributed by atoms with Crippen LogP contribution in [-0.4, -0.2) is 16.3 Å². The molecule has 0 saturated heterocycles. The second-order valence-corrected chi connectivity index (χ2v) is 3.90. The first-order valence-corrected chi connectivity index (χ1v) is 4.84. The van der Waals surface area contributed by atoms with E-state index in [1.54, 1.807) is 0 Å². The molecule has 0 spiro atoms. The van der Waals surface area contributed by atoms with Crippen LogP contribution in [0.5, 0.6) is 0 Å². The molecule has 0 atom stereocenters. The van der Waals surface area contributed by atoms with Crippen LogP contribution >= 0.6 is 0 Å². The molecule has 0 unspecified atom stereocenters. The summed E-state index contributed by atoms with van der Waals surface area (Å²) in [5, 5.41) is 7.62. The molecular weight excluding hydrogens is 162 g/mol. The standard InChI is InChI=1S/C10H19N3/c1-8(2)5-6-11-10-7-9(3)13(4)12-10/h7-8H,5-6H2,1-4H3,(H,11,12). The first kappa shape index (κ1) is 10.1. The lowest BCUT2D eigenvalue weighted by atomic mass is 10.1. The third kappa shape index (κ3) is 3.09. The van der Waals surface area contributed by atoms with Crippen molar-refractivity contribution in [3.8, 4) is 0 Å². The van der Waals surface area contributed by atoms with E-state index in [2.05, 4.69) is 37.3 Å². The van der Waals surface area contributed by atoms with Crippen molar-refractivity contribution in [1.82, 2.24) is 9.78 Å². The molecule has 0 aliphatic rings. The lowest BCUT2D eigenvalue weighted by molar-refractivity contribution is 0.606. The monoisotopic (exact) mass is 181 g/mol. The van der Waals surface area contributed by atoms with E-state index in [1.807, 2.05) is 11.7 Å². The molecule has 1 aromatic rings. The van der Waals surface area contributed by atoms with Gasteiger partial charge in [-0.05, 0) is 19.3 Å². The minimum atomic E-state index is 0.748. The molecule has 3 heteroatoms. The number of aryl methyl sites for hydroxylation is 2. The summed E-state index contributed by atoms with van der Waals surface area (Å²) in [7, 11) is 1.96. The van der Waals surface area contributed by atoms with E-state index in [9.17, 15) is 0 Å². The maximum Gasteiger partial charge on any atom is 0.148 e. The highest BCUT2D eigenvalue weighted by Gasteiger charge is 1.99. The average molecular weight is 181 g/mol. The molecule has 1 aromatic heterocycles. The quantitative estimate of drug-likeness (QED) is 0.771. The van der Waals surface area contributed by atoms with Crippen molar-refractivity contribution in [3.05, 3.63) is 11.8 Å². The summed E-state index contributed by atoms with van der Waals surface area (Å²) in [6, 6.07) is 2.07. The number of aromatic nitrogens is 2. The SMILES string of the molecule is Cc1cc(NCCC(C)C)nn1C. The van der Waals surface area contributed by atoms with Gasteiger partial charge in [0.15, 0.2) is 0 Å². The van der Waals surface area contributed by atoms with Crippen molar-refractivity contribution in [1.29, 1.82) is 0 Å². The molecule has 0 amide bonds. The van der Waals surface area contributed by atoms with Crippen LogP contribution in [0.1, 0.15) is 26.0 Å². The normalized spacial score (nSPS) is 10.8. The molecule has 0 aromatic carbocycles. The molecule has 0 bridgehead atoms. The Bertz CT molecular complexity index is 244. The van der Waals surface area contributed by atoms with Gasteiger partial charge in [0.05, 0.1) is 0 Å². The van der Waals surface area contributed by atoms with Gasteiger partial charge in [0.2, 0.25) is 0 Å². The first-order chi connectivity index (χ1) is 6.09. The van der Waals surface area contributed by atoms with Crippen LogP contribution in [0.2, 0.25) is 0 Å². The Morgan fingerprint density at radius 3 is 2.69 bits per heavy atom. The Morgan fingerprint density at radius 2 is 2.23 bits per heavy atom. The van der Waals surface area contributed by atoms with E-state index in [1.165, 1.54) is 12.1 Å². The zero-order valence-corrected chi connectivity index (χ0v) is 8.96. The predicted molar refractivity (Wildman–Crippen MR) is 55.9 cm³/mol. The zero-order chi connectivity index (χ0) is 9.84. The topological polar surface area (TPSA) is 29.9 Å². The largest absolute Gasteiger partial charge is 0.369 e. The van der Waals surface area contributed by atoms with Crippen LogP contribution in [0.4, 0.5) is 5.82 Å². The molecule has 1 N–H and O–H groups in total. The molecule has 0 fully saturated rings. The van der Waals surface area contributed by atoms with Gasteiger partial charge in [-0.1, -0.05) is 13.8 Å². The summed E-state index contributed by atoms with van der Waals surface area (Å²) < 4.78 is 1.89. The predicted octanol–water partition coefficient (Wildman–Crippen LogP) is 2.19. The molecule has 0 saturated carbocycles. The Labute approximate surface area is 80.1 Å². The van der Waals surface area contributed by atoms with E-state index in [0.717, 1.165) is 18.3 Å². The van der Waals surface area contributed by atoms with E-state index >= 15 is 0 Å². The molecule has 0 aliphatic heterocycles. The van der Waals surface area contributed by atoms with Gasteiger partial charge in [0, 0.05) is 25.4 Å². The van der Waals surface area contributed by atoms with Crippen molar-refractivity contribution in [2.24, 2.45) is 13.0 Å². The van der Waals surface area contributed by atoms with E-state index < -0.39 is 0 Å². The van der Waals surface area contributed by atoms with E-state index in [0.29, 0.717) is 0 Å². The fraction of sp³-hybridized carbons (Fsp3) is 0.700. The number of nitrogens with one attached hydrogen (secondary N) is 1. The number of anilines is 1. The highest BCUT2D eigenvalue weighted by molar-refractivity contribution is 5.35. The minimum Gasteiger partial charge on any atom is -0.369 e. The summed E-state index contributed by atoms with van der Waals surface area (Å²) in [6.07, 6.45) is 1.19. The summed E-state index contributed by atoms with van der Waals surface area (Å²) in [4.78, 5) is 0. The van der Waals surface area contributed by atoms with E-state index in [4.69, 9.17) is 0 Å². The summed E-state index contributed by atoms with van der Waals surface area (Å²) in [5.41, 5.74) is 1.19. The number of hydrogen-bond acceptors (Lipinski definition) is 2. The van der Waals surface area contributed by atoms with Gasteiger partial charge < -0.3 is 5.32 Å². The van der Waals surface area contributed by atoms with Crippen LogP contribution in [0, 0.1) is 12.8 Å². The summed E-state index contributed by atoms with van der Waals surface area (Å²) >= 11 is 0. The van der Waals surface area contributed by atoms with Crippen LogP contribution in [0.15, 0.2) is 6.07 Å². The zero-order valence-electron chi connectivity index (χ0n) is 8.96. The summed E-state index contributed by atoms with van der Waals surface area (Å²) in [6.45, 7) is 7.52. The third-order valence-corrected chi connectivity index (χ3v) is 2.14. The maximum absolute atomic E-state index is 4.31. The van der Waals surface area contributed by atoms with Gasteiger partial charge in [0.25, 0.3) is 0 Å². The van der Waals surface area contributed by atoms with Gasteiger partial charge in [-0.25, -0.2) is 0 Å². The molecule has 0 aliphatic carbocycles. The van der Waals surface area contributed by atoms with Crippen LogP contribution < -0.4 is 5.32 Å². The first-order valence-electron chi connectivity index (χ1n) is 4.84. The van der Waals surface area contributed by atoms with Crippen molar-refractivity contribution in [2.45, 2.75) is 27.2 Å². The van der Waals surface area contributed by atoms with Gasteiger partial charge in [-0.2, -0.15) is 5.10 Å². The average Bonchev–Trinajstić information content (AvgIpc) is 2.30. The maximum atomic E-state index is 4.31. The second-order valence-electron chi connectivity index (χ2n) is 3.90. The van der Waals surface area contributed by atoms with E-state index in [-0.39, 0.29) is 0 Å². The molecule has 1 heterocycles. The lowest BCUT2D eigenvalue weighted by Crippen LogP contribution is -2.05. The number of rotatable bonds is 4. The van der Waals surface area contributed by atoms with Gasteiger partial charge >= 0.3 is 0 Å². The molecule has 74 valence electrons. The Morgan fingerprint density at radius 1 is 1.54 bits per heavy atom. The van der Waals surface area contributed by atoms with Crippen molar-refractivity contribution in [3.63, 3.8) is 0 Å². The smallest absolute Gasteiger partial charge is 0.148 e. The van der Waals surface area contributed by atoms with Crippen LogP contribution in [-0.2, 0) is 7.05 Å². The van der Waals surface area contributed by atoms with Gasteiger partial charge in [0.1, 0.15) is 5.82 Å². The summed E-state index contributed by atoms with van der Waals surface area (Å²) in [5.74, 6) is 1.73. The fourth-order valence-electron chi connectivity index (χ4n) is 1.14. The number of hydrogen-bond donors (Lipinski definition) is 1. The highest BCUT2D eigenvalue weighted by Crippen LogP contribution is 2.07. The van der Waals surface area contributed by atoms with Crippen molar-refractivity contribution >= 4 is 5.82 Å². The Balaban J connectivity index is 2.37. The molecule has 13 heavy (non-hydrogen) atoms. The van der Waals surface area contributed by atoms with Crippen LogP contribution in [0.25, 0.3) is 0 Å². The lowest BCUT2D eigenvalue weighted by Gasteiger charge is -2.04. The second kappa shape index (κ2) is 4.30. The fourth-order valence-corrected chi connectivity index (χ4v) is 1.14.